The van der Waals surface area contributed by atoms with Gasteiger partial charge in [-0.15, -0.1) is 11.3 Å². The number of rotatable bonds is 6. The third-order valence-corrected chi connectivity index (χ3v) is 7.60. The first-order valence-electron chi connectivity index (χ1n) is 11.4. The predicted octanol–water partition coefficient (Wildman–Crippen LogP) is 5.89. The number of benzene rings is 3. The molecule has 6 rings (SSSR count). The second-order valence-electron chi connectivity index (χ2n) is 8.11. The summed E-state index contributed by atoms with van der Waals surface area (Å²) in [6.45, 7) is 0. The molecule has 0 unspecified atom stereocenters. The molecule has 3 aromatic carbocycles. The van der Waals surface area contributed by atoms with Crippen LogP contribution in [0, 0.1) is 11.3 Å². The first-order chi connectivity index (χ1) is 18.6. The monoisotopic (exact) mass is 535 g/mol. The summed E-state index contributed by atoms with van der Waals surface area (Å²) in [5.74, 6) is 0.589. The van der Waals surface area contributed by atoms with E-state index in [1.54, 1.807) is 35.9 Å². The Bertz CT molecular complexity index is 1880. The van der Waals surface area contributed by atoms with E-state index in [1.807, 2.05) is 48.5 Å². The number of anilines is 2. The molecule has 3 heterocycles. The number of pyridine rings is 1. The van der Waals surface area contributed by atoms with E-state index in [1.165, 1.54) is 29.2 Å². The van der Waals surface area contributed by atoms with E-state index in [0.29, 0.717) is 22.2 Å². The SMILES string of the molecule is Cn1c(=O)cc(Oc2nc(Nc3ccc(C#N)cc3)nc(Sc3nc4ccccc4s3)n2)c2ccccc21. The van der Waals surface area contributed by atoms with Gasteiger partial charge < -0.3 is 14.6 Å². The standard InChI is InChI=1S/C27H17N7O2S2/c1-34-20-8-4-2-6-18(20)21(14-23(34)35)36-25-31-24(29-17-12-10-16(15-28)11-13-17)32-26(33-25)38-27-30-19-7-3-5-9-22(19)37-27/h2-14H,1H3,(H,29,31,32,33). The molecule has 184 valence electrons. The quantitative estimate of drug-likeness (QED) is 0.278. The van der Waals surface area contributed by atoms with Crippen LogP contribution in [0.4, 0.5) is 11.6 Å². The largest absolute Gasteiger partial charge is 0.423 e. The first kappa shape index (κ1) is 23.6. The minimum absolute atomic E-state index is 0.0261. The van der Waals surface area contributed by atoms with E-state index in [-0.39, 0.29) is 17.5 Å². The molecule has 0 saturated carbocycles. The highest BCUT2D eigenvalue weighted by Gasteiger charge is 2.15. The Morgan fingerprint density at radius 1 is 0.974 bits per heavy atom. The molecule has 0 spiro atoms. The van der Waals surface area contributed by atoms with Gasteiger partial charge >= 0.3 is 6.01 Å². The van der Waals surface area contributed by atoms with Crippen LogP contribution in [-0.2, 0) is 7.05 Å². The third-order valence-electron chi connectivity index (χ3n) is 5.63. The topological polar surface area (TPSA) is 119 Å². The van der Waals surface area contributed by atoms with Crippen LogP contribution in [0.5, 0.6) is 11.8 Å². The molecule has 6 aromatic rings. The Morgan fingerprint density at radius 2 is 1.76 bits per heavy atom. The molecule has 0 aliphatic rings. The number of hydrogen-bond donors (Lipinski definition) is 1. The van der Waals surface area contributed by atoms with Crippen LogP contribution in [-0.4, -0.2) is 24.5 Å². The van der Waals surface area contributed by atoms with Gasteiger partial charge in [0.2, 0.25) is 11.1 Å². The molecule has 0 atom stereocenters. The summed E-state index contributed by atoms with van der Waals surface area (Å²) in [5, 5.41) is 13.3. The van der Waals surface area contributed by atoms with Crippen LogP contribution in [0.15, 0.2) is 93.2 Å². The second-order valence-corrected chi connectivity index (χ2v) is 10.4. The van der Waals surface area contributed by atoms with E-state index < -0.39 is 0 Å². The maximum atomic E-state index is 12.6. The highest BCUT2D eigenvalue weighted by Crippen LogP contribution is 2.34. The van der Waals surface area contributed by atoms with Gasteiger partial charge in [-0.25, -0.2) is 4.98 Å². The molecule has 0 saturated heterocycles. The Balaban J connectivity index is 1.40. The van der Waals surface area contributed by atoms with Gasteiger partial charge in [0.05, 0.1) is 27.4 Å². The van der Waals surface area contributed by atoms with Crippen LogP contribution in [0.1, 0.15) is 5.56 Å². The van der Waals surface area contributed by atoms with E-state index >= 15 is 0 Å². The molecule has 0 fully saturated rings. The summed E-state index contributed by atoms with van der Waals surface area (Å²) in [4.78, 5) is 30.8. The van der Waals surface area contributed by atoms with Crippen molar-refractivity contribution in [2.45, 2.75) is 9.50 Å². The molecule has 1 N–H and O–H groups in total. The molecule has 9 nitrogen and oxygen atoms in total. The van der Waals surface area contributed by atoms with Gasteiger partial charge in [0.15, 0.2) is 4.34 Å². The van der Waals surface area contributed by atoms with Crippen molar-refractivity contribution in [3.8, 4) is 17.8 Å². The number of aromatic nitrogens is 5. The number of aryl methyl sites for hydroxylation is 1. The maximum absolute atomic E-state index is 12.6. The molecular formula is C27H17N7O2S2. The number of nitriles is 1. The summed E-state index contributed by atoms with van der Waals surface area (Å²) < 4.78 is 9.48. The summed E-state index contributed by atoms with van der Waals surface area (Å²) in [7, 11) is 1.71. The normalized spacial score (nSPS) is 10.9. The van der Waals surface area contributed by atoms with E-state index in [0.717, 1.165) is 25.5 Å². The zero-order valence-electron chi connectivity index (χ0n) is 19.8. The Kier molecular flexibility index (Phi) is 6.17. The van der Waals surface area contributed by atoms with Gasteiger partial charge in [-0.05, 0) is 60.3 Å². The fourth-order valence-corrected chi connectivity index (χ4v) is 5.69. The molecule has 0 bridgehead atoms. The van der Waals surface area contributed by atoms with Crippen molar-refractivity contribution in [2.24, 2.45) is 7.05 Å². The lowest BCUT2D eigenvalue weighted by molar-refractivity contribution is 0.437. The van der Waals surface area contributed by atoms with Gasteiger partial charge in [0, 0.05) is 24.2 Å². The molecule has 0 aliphatic carbocycles. The zero-order valence-corrected chi connectivity index (χ0v) is 21.5. The van der Waals surface area contributed by atoms with Crippen LogP contribution in [0.2, 0.25) is 0 Å². The van der Waals surface area contributed by atoms with Crippen LogP contribution in [0.25, 0.3) is 21.1 Å². The molecule has 3 aromatic heterocycles. The third kappa shape index (κ3) is 4.78. The summed E-state index contributed by atoms with van der Waals surface area (Å²) in [6.07, 6.45) is 0. The molecule has 0 aliphatic heterocycles. The van der Waals surface area contributed by atoms with Crippen molar-refractivity contribution in [1.82, 2.24) is 24.5 Å². The maximum Gasteiger partial charge on any atom is 0.327 e. The average molecular weight is 536 g/mol. The Hall–Kier alpha value is -4.79. The number of para-hydroxylation sites is 2. The lowest BCUT2D eigenvalue weighted by Crippen LogP contribution is -2.16. The summed E-state index contributed by atoms with van der Waals surface area (Å²) in [6, 6.07) is 25.8. The number of ether oxygens (including phenoxy) is 1. The number of fused-ring (bicyclic) bond motifs is 2. The number of thiazole rings is 1. The van der Waals surface area contributed by atoms with Gasteiger partial charge in [-0.2, -0.15) is 20.2 Å². The molecule has 0 amide bonds. The lowest BCUT2D eigenvalue weighted by Gasteiger charge is -2.12. The van der Waals surface area contributed by atoms with Gasteiger partial charge in [0.1, 0.15) is 5.75 Å². The summed E-state index contributed by atoms with van der Waals surface area (Å²) >= 11 is 2.83. The van der Waals surface area contributed by atoms with Crippen LogP contribution in [0.3, 0.4) is 0 Å². The minimum atomic E-state index is -0.215. The van der Waals surface area contributed by atoms with Gasteiger partial charge in [-0.1, -0.05) is 24.3 Å². The molecular weight excluding hydrogens is 518 g/mol. The van der Waals surface area contributed by atoms with E-state index in [2.05, 4.69) is 31.3 Å². The second kappa shape index (κ2) is 9.93. The fraction of sp³-hybridized carbons (Fsp3) is 0.0370. The predicted molar refractivity (Wildman–Crippen MR) is 147 cm³/mol. The van der Waals surface area contributed by atoms with E-state index in [4.69, 9.17) is 10.00 Å². The van der Waals surface area contributed by atoms with Gasteiger partial charge in [0.25, 0.3) is 5.56 Å². The van der Waals surface area contributed by atoms with Crippen molar-refractivity contribution in [3.63, 3.8) is 0 Å². The van der Waals surface area contributed by atoms with Crippen molar-refractivity contribution in [1.29, 1.82) is 5.26 Å². The molecule has 0 radical (unpaired) electrons. The Labute approximate surface area is 224 Å². The Morgan fingerprint density at radius 3 is 2.58 bits per heavy atom. The molecule has 11 heteroatoms. The fourth-order valence-electron chi connectivity index (χ4n) is 3.78. The van der Waals surface area contributed by atoms with Gasteiger partial charge in [-0.3, -0.25) is 4.79 Å². The number of nitrogens with one attached hydrogen (secondary N) is 1. The number of hydrogen-bond acceptors (Lipinski definition) is 10. The van der Waals surface area contributed by atoms with E-state index in [9.17, 15) is 4.79 Å². The van der Waals surface area contributed by atoms with Crippen LogP contribution < -0.4 is 15.6 Å². The molecule has 38 heavy (non-hydrogen) atoms. The first-order valence-corrected chi connectivity index (χ1v) is 13.0. The zero-order chi connectivity index (χ0) is 26.1. The van der Waals surface area contributed by atoms with Crippen LogP contribution >= 0.6 is 23.1 Å². The highest BCUT2D eigenvalue weighted by molar-refractivity contribution is 8.01. The summed E-state index contributed by atoms with van der Waals surface area (Å²) in [5.41, 5.74) is 2.64. The lowest BCUT2D eigenvalue weighted by atomic mass is 10.2. The highest BCUT2D eigenvalue weighted by atomic mass is 32.2. The smallest absolute Gasteiger partial charge is 0.327 e. The average Bonchev–Trinajstić information content (AvgIpc) is 3.34. The van der Waals surface area contributed by atoms with Crippen molar-refractivity contribution in [3.05, 3.63) is 94.8 Å². The number of nitrogens with zero attached hydrogens (tertiary/aromatic N) is 6. The van der Waals surface area contributed by atoms with Crippen molar-refractivity contribution < 1.29 is 4.74 Å². The van der Waals surface area contributed by atoms with Crippen molar-refractivity contribution >= 4 is 55.9 Å². The van der Waals surface area contributed by atoms with Crippen molar-refractivity contribution in [2.75, 3.05) is 5.32 Å². The minimum Gasteiger partial charge on any atom is -0.423 e.